The van der Waals surface area contributed by atoms with Crippen molar-refractivity contribution < 1.29 is 10.2 Å². The summed E-state index contributed by atoms with van der Waals surface area (Å²) >= 11 is 0. The normalized spacial score (nSPS) is 11.0. The molecule has 0 unspecified atom stereocenters. The largest absolute Gasteiger partial charge is 0.508 e. The van der Waals surface area contributed by atoms with Crippen LogP contribution in [-0.4, -0.2) is 31.4 Å². The summed E-state index contributed by atoms with van der Waals surface area (Å²) in [5.41, 5.74) is 2.27. The quantitative estimate of drug-likeness (QED) is 0.746. The summed E-state index contributed by atoms with van der Waals surface area (Å²) in [6.07, 6.45) is 2.14. The lowest BCUT2D eigenvalue weighted by molar-refractivity contribution is 0.296. The average Bonchev–Trinajstić information content (AvgIpc) is 2.77. The molecule has 0 aliphatic rings. The van der Waals surface area contributed by atoms with Crippen molar-refractivity contribution in [3.05, 3.63) is 48.4 Å². The summed E-state index contributed by atoms with van der Waals surface area (Å²) in [6.45, 7) is 0.0160. The van der Waals surface area contributed by atoms with Crippen molar-refractivity contribution in [3.63, 3.8) is 0 Å². The van der Waals surface area contributed by atoms with E-state index in [2.05, 4.69) is 9.97 Å². The van der Waals surface area contributed by atoms with E-state index in [0.717, 1.165) is 22.7 Å². The Balaban J connectivity index is 2.28. The zero-order valence-electron chi connectivity index (χ0n) is 10.2. The molecule has 0 aliphatic carbocycles. The van der Waals surface area contributed by atoms with Crippen molar-refractivity contribution in [2.24, 2.45) is 0 Å². The van der Waals surface area contributed by atoms with Gasteiger partial charge in [-0.15, -0.1) is 0 Å². The Kier molecular flexibility index (Phi) is 2.89. The van der Waals surface area contributed by atoms with Crippen LogP contribution in [0.25, 0.3) is 16.9 Å². The summed E-state index contributed by atoms with van der Waals surface area (Å²) in [7, 11) is 0. The number of aromatic hydroxyl groups is 1. The van der Waals surface area contributed by atoms with Crippen LogP contribution in [0, 0.1) is 0 Å². The number of fused-ring (bicyclic) bond motifs is 1. The van der Waals surface area contributed by atoms with Gasteiger partial charge in [0.05, 0.1) is 12.3 Å². The van der Waals surface area contributed by atoms with Crippen LogP contribution in [0.15, 0.2) is 42.6 Å². The standard InChI is InChI=1S/C14H13N3O2/c18-8-6-13-16-12-5-2-7-15-14(12)17(13)10-3-1-4-11(19)9-10/h1-5,7,9,18-19H,6,8H2. The predicted molar refractivity (Wildman–Crippen MR) is 71.3 cm³/mol. The molecule has 0 atom stereocenters. The lowest BCUT2D eigenvalue weighted by Crippen LogP contribution is -2.04. The summed E-state index contributed by atoms with van der Waals surface area (Å²) < 4.78 is 1.85. The van der Waals surface area contributed by atoms with Crippen LogP contribution in [0.4, 0.5) is 0 Å². The van der Waals surface area contributed by atoms with Crippen molar-refractivity contribution in [2.75, 3.05) is 6.61 Å². The van der Waals surface area contributed by atoms with Crippen LogP contribution in [0.1, 0.15) is 5.82 Å². The number of aliphatic hydroxyl groups is 1. The van der Waals surface area contributed by atoms with Gasteiger partial charge in [0.1, 0.15) is 17.1 Å². The maximum absolute atomic E-state index is 9.60. The smallest absolute Gasteiger partial charge is 0.164 e. The zero-order chi connectivity index (χ0) is 13.2. The zero-order valence-corrected chi connectivity index (χ0v) is 10.2. The van der Waals surface area contributed by atoms with E-state index in [1.54, 1.807) is 24.4 Å². The maximum atomic E-state index is 9.60. The van der Waals surface area contributed by atoms with Crippen LogP contribution in [0.2, 0.25) is 0 Å². The Hall–Kier alpha value is -2.40. The lowest BCUT2D eigenvalue weighted by Gasteiger charge is -2.08. The van der Waals surface area contributed by atoms with Crippen molar-refractivity contribution in [1.82, 2.24) is 14.5 Å². The van der Waals surface area contributed by atoms with E-state index >= 15 is 0 Å². The number of benzene rings is 1. The number of phenols is 1. The van der Waals surface area contributed by atoms with Crippen molar-refractivity contribution in [3.8, 4) is 11.4 Å². The number of nitrogens with zero attached hydrogens (tertiary/aromatic N) is 3. The highest BCUT2D eigenvalue weighted by Gasteiger charge is 2.12. The van der Waals surface area contributed by atoms with Crippen molar-refractivity contribution >= 4 is 11.2 Å². The van der Waals surface area contributed by atoms with Gasteiger partial charge in [0.25, 0.3) is 0 Å². The minimum absolute atomic E-state index is 0.0160. The Morgan fingerprint density at radius 1 is 1.16 bits per heavy atom. The Morgan fingerprint density at radius 3 is 2.84 bits per heavy atom. The molecular formula is C14H13N3O2. The van der Waals surface area contributed by atoms with Crippen LogP contribution >= 0.6 is 0 Å². The topological polar surface area (TPSA) is 71.2 Å². The van der Waals surface area contributed by atoms with Gasteiger partial charge in [-0.25, -0.2) is 9.97 Å². The molecule has 2 heterocycles. The molecule has 96 valence electrons. The highest BCUT2D eigenvalue weighted by atomic mass is 16.3. The van der Waals surface area contributed by atoms with Gasteiger partial charge in [-0.3, -0.25) is 4.57 Å². The molecule has 19 heavy (non-hydrogen) atoms. The summed E-state index contributed by atoms with van der Waals surface area (Å²) in [5.74, 6) is 0.909. The third-order valence-corrected chi connectivity index (χ3v) is 2.91. The number of aliphatic hydroxyl groups excluding tert-OH is 1. The Morgan fingerprint density at radius 2 is 2.05 bits per heavy atom. The van der Waals surface area contributed by atoms with Gasteiger partial charge in [0.15, 0.2) is 5.65 Å². The van der Waals surface area contributed by atoms with Crippen molar-refractivity contribution in [1.29, 1.82) is 0 Å². The minimum Gasteiger partial charge on any atom is -0.508 e. The third kappa shape index (κ3) is 2.04. The van der Waals surface area contributed by atoms with Gasteiger partial charge in [0, 0.05) is 18.7 Å². The maximum Gasteiger partial charge on any atom is 0.164 e. The molecule has 0 spiro atoms. The molecule has 1 aromatic carbocycles. The van der Waals surface area contributed by atoms with Crippen LogP contribution < -0.4 is 0 Å². The van der Waals surface area contributed by atoms with Gasteiger partial charge < -0.3 is 10.2 Å². The van der Waals surface area contributed by atoms with E-state index in [9.17, 15) is 5.11 Å². The van der Waals surface area contributed by atoms with Gasteiger partial charge in [-0.2, -0.15) is 0 Å². The second-order valence-corrected chi connectivity index (χ2v) is 4.20. The first-order chi connectivity index (χ1) is 9.29. The van der Waals surface area contributed by atoms with Crippen molar-refractivity contribution in [2.45, 2.75) is 6.42 Å². The molecule has 0 aliphatic heterocycles. The number of imidazole rings is 1. The van der Waals surface area contributed by atoms with Gasteiger partial charge >= 0.3 is 0 Å². The molecule has 0 radical (unpaired) electrons. The SMILES string of the molecule is OCCc1nc2cccnc2n1-c1cccc(O)c1. The number of aromatic nitrogens is 3. The lowest BCUT2D eigenvalue weighted by atomic mass is 10.3. The van der Waals surface area contributed by atoms with Crippen LogP contribution in [0.5, 0.6) is 5.75 Å². The number of hydrogen-bond donors (Lipinski definition) is 2. The van der Waals surface area contributed by atoms with Crippen LogP contribution in [-0.2, 0) is 6.42 Å². The van der Waals surface area contributed by atoms with Gasteiger partial charge in [-0.1, -0.05) is 6.07 Å². The molecule has 5 nitrogen and oxygen atoms in total. The Labute approximate surface area is 109 Å². The summed E-state index contributed by atoms with van der Waals surface area (Å²) in [6, 6.07) is 10.6. The first-order valence-electron chi connectivity index (χ1n) is 6.02. The average molecular weight is 255 g/mol. The second-order valence-electron chi connectivity index (χ2n) is 4.20. The second kappa shape index (κ2) is 4.70. The van der Waals surface area contributed by atoms with E-state index in [-0.39, 0.29) is 12.4 Å². The number of hydrogen-bond acceptors (Lipinski definition) is 4. The summed E-state index contributed by atoms with van der Waals surface area (Å²) in [5, 5.41) is 18.7. The molecular weight excluding hydrogens is 242 g/mol. The first-order valence-corrected chi connectivity index (χ1v) is 6.02. The fourth-order valence-electron chi connectivity index (χ4n) is 2.13. The van der Waals surface area contributed by atoms with Crippen LogP contribution in [0.3, 0.4) is 0 Å². The first kappa shape index (κ1) is 11.7. The molecule has 0 bridgehead atoms. The molecule has 0 fully saturated rings. The van der Waals surface area contributed by atoms with E-state index < -0.39 is 0 Å². The molecule has 5 heteroatoms. The molecule has 3 rings (SSSR count). The number of pyridine rings is 1. The van der Waals surface area contributed by atoms with E-state index in [0.29, 0.717) is 6.42 Å². The number of rotatable bonds is 3. The monoisotopic (exact) mass is 255 g/mol. The fraction of sp³-hybridized carbons (Fsp3) is 0.143. The molecule has 2 aromatic heterocycles. The number of phenolic OH excluding ortho intramolecular Hbond substituents is 1. The highest BCUT2D eigenvalue weighted by molar-refractivity contribution is 5.74. The summed E-state index contributed by atoms with van der Waals surface area (Å²) in [4.78, 5) is 8.79. The van der Waals surface area contributed by atoms with Gasteiger partial charge in [-0.05, 0) is 24.3 Å². The fourth-order valence-corrected chi connectivity index (χ4v) is 2.13. The van der Waals surface area contributed by atoms with E-state index in [1.807, 2.05) is 22.8 Å². The molecule has 3 aromatic rings. The minimum atomic E-state index is 0.0160. The third-order valence-electron chi connectivity index (χ3n) is 2.91. The predicted octanol–water partition coefficient (Wildman–Crippen LogP) is 1.66. The molecule has 2 N–H and O–H groups in total. The highest BCUT2D eigenvalue weighted by Crippen LogP contribution is 2.22. The molecule has 0 saturated carbocycles. The van der Waals surface area contributed by atoms with E-state index in [1.165, 1.54) is 0 Å². The Bertz CT molecular complexity index is 722. The molecule has 0 amide bonds. The van der Waals surface area contributed by atoms with Gasteiger partial charge in [0.2, 0.25) is 0 Å². The van der Waals surface area contributed by atoms with E-state index in [4.69, 9.17) is 5.11 Å². The molecule has 0 saturated heterocycles.